The van der Waals surface area contributed by atoms with Crippen LogP contribution in [0.25, 0.3) is 0 Å². The first kappa shape index (κ1) is 14.5. The fraction of sp³-hybridized carbons (Fsp3) is 0.867. The molecule has 1 aliphatic heterocycles. The molecule has 0 aromatic rings. The topological polar surface area (TPSA) is 46.6 Å². The van der Waals surface area contributed by atoms with Crippen molar-refractivity contribution >= 4 is 11.7 Å². The van der Waals surface area contributed by atoms with Gasteiger partial charge in [0.1, 0.15) is 5.78 Å². The number of amides is 1. The Hall–Kier alpha value is -0.900. The van der Waals surface area contributed by atoms with E-state index in [0.717, 1.165) is 45.1 Å². The van der Waals surface area contributed by atoms with Crippen molar-refractivity contribution in [1.82, 2.24) is 4.90 Å². The molecule has 1 heterocycles. The summed E-state index contributed by atoms with van der Waals surface area (Å²) < 4.78 is 5.54. The van der Waals surface area contributed by atoms with Gasteiger partial charge in [-0.25, -0.2) is 0 Å². The van der Waals surface area contributed by atoms with Crippen LogP contribution in [0, 0.1) is 0 Å². The van der Waals surface area contributed by atoms with Crippen molar-refractivity contribution < 1.29 is 14.3 Å². The normalized spacial score (nSPS) is 25.8. The lowest BCUT2D eigenvalue weighted by Gasteiger charge is -2.43. The average molecular weight is 267 g/mol. The van der Waals surface area contributed by atoms with Crippen LogP contribution in [0.5, 0.6) is 0 Å². The molecule has 1 atom stereocenters. The molecular formula is C15H25NO3. The number of ketones is 1. The maximum absolute atomic E-state index is 12.5. The second-order valence-corrected chi connectivity index (χ2v) is 6.06. The van der Waals surface area contributed by atoms with Crippen molar-refractivity contribution in [2.75, 3.05) is 13.7 Å². The molecule has 1 saturated carbocycles. The number of Topliss-reactive ketones (excluding diaryl/α,β-unsaturated/α-hetero) is 1. The Labute approximate surface area is 115 Å². The summed E-state index contributed by atoms with van der Waals surface area (Å²) in [7, 11) is 1.70. The summed E-state index contributed by atoms with van der Waals surface area (Å²) in [6, 6.07) is 0.118. The first-order valence-electron chi connectivity index (χ1n) is 7.40. The SMILES string of the molecule is COC1(CC(=O)N2CCCCC2CC(C)=O)CCC1. The van der Waals surface area contributed by atoms with Gasteiger partial charge in [-0.3, -0.25) is 9.59 Å². The lowest BCUT2D eigenvalue weighted by molar-refractivity contribution is -0.148. The van der Waals surface area contributed by atoms with Gasteiger partial charge in [-0.1, -0.05) is 0 Å². The predicted octanol–water partition coefficient (Wildman–Crippen LogP) is 2.31. The van der Waals surface area contributed by atoms with Gasteiger partial charge in [0.2, 0.25) is 5.91 Å². The molecule has 1 unspecified atom stereocenters. The van der Waals surface area contributed by atoms with E-state index in [4.69, 9.17) is 4.74 Å². The Morgan fingerprint density at radius 1 is 1.26 bits per heavy atom. The number of rotatable bonds is 5. The van der Waals surface area contributed by atoms with Crippen molar-refractivity contribution in [3.8, 4) is 0 Å². The highest BCUT2D eigenvalue weighted by Gasteiger charge is 2.41. The standard InChI is InChI=1S/C15H25NO3/c1-12(17)10-13-6-3-4-9-16(13)14(18)11-15(19-2)7-5-8-15/h13H,3-11H2,1-2H3. The molecule has 0 bridgehead atoms. The van der Waals surface area contributed by atoms with Crippen molar-refractivity contribution in [3.05, 3.63) is 0 Å². The summed E-state index contributed by atoms with van der Waals surface area (Å²) in [5.74, 6) is 0.349. The van der Waals surface area contributed by atoms with Crippen molar-refractivity contribution in [3.63, 3.8) is 0 Å². The summed E-state index contributed by atoms with van der Waals surface area (Å²) in [4.78, 5) is 25.8. The van der Waals surface area contributed by atoms with E-state index in [2.05, 4.69) is 0 Å². The third-order valence-electron chi connectivity index (χ3n) is 4.64. The first-order chi connectivity index (χ1) is 9.06. The number of carbonyl (C=O) groups excluding carboxylic acids is 2. The minimum Gasteiger partial charge on any atom is -0.378 e. The molecule has 4 heteroatoms. The molecule has 0 aromatic heterocycles. The molecular weight excluding hydrogens is 242 g/mol. The molecule has 0 spiro atoms. The minimum atomic E-state index is -0.213. The number of likely N-dealkylation sites (tertiary alicyclic amines) is 1. The number of hydrogen-bond acceptors (Lipinski definition) is 3. The zero-order chi connectivity index (χ0) is 13.9. The Morgan fingerprint density at radius 2 is 2.00 bits per heavy atom. The van der Waals surface area contributed by atoms with Crippen LogP contribution in [0.1, 0.15) is 58.3 Å². The third-order valence-corrected chi connectivity index (χ3v) is 4.64. The van der Waals surface area contributed by atoms with E-state index in [-0.39, 0.29) is 23.3 Å². The van der Waals surface area contributed by atoms with Crippen LogP contribution in [0.4, 0.5) is 0 Å². The lowest BCUT2D eigenvalue weighted by Crippen LogP contribution is -2.49. The smallest absolute Gasteiger partial charge is 0.225 e. The van der Waals surface area contributed by atoms with Crippen LogP contribution in [0.15, 0.2) is 0 Å². The van der Waals surface area contributed by atoms with Crippen molar-refractivity contribution in [1.29, 1.82) is 0 Å². The maximum atomic E-state index is 12.5. The molecule has 1 saturated heterocycles. The van der Waals surface area contributed by atoms with Gasteiger partial charge in [-0.2, -0.15) is 0 Å². The lowest BCUT2D eigenvalue weighted by atomic mass is 9.77. The van der Waals surface area contributed by atoms with Gasteiger partial charge in [-0.15, -0.1) is 0 Å². The van der Waals surface area contributed by atoms with Crippen LogP contribution in [0.2, 0.25) is 0 Å². The minimum absolute atomic E-state index is 0.118. The van der Waals surface area contributed by atoms with E-state index in [1.54, 1.807) is 14.0 Å². The summed E-state index contributed by atoms with van der Waals surface area (Å²) in [6.45, 7) is 2.41. The van der Waals surface area contributed by atoms with Gasteiger partial charge in [-0.05, 0) is 45.4 Å². The molecule has 0 N–H and O–H groups in total. The molecule has 1 amide bonds. The van der Waals surface area contributed by atoms with E-state index in [1.807, 2.05) is 4.90 Å². The molecule has 19 heavy (non-hydrogen) atoms. The molecule has 2 fully saturated rings. The van der Waals surface area contributed by atoms with Crippen LogP contribution in [-0.4, -0.2) is 41.9 Å². The largest absolute Gasteiger partial charge is 0.378 e. The molecule has 1 aliphatic carbocycles. The first-order valence-corrected chi connectivity index (χ1v) is 7.40. The molecule has 0 radical (unpaired) electrons. The summed E-state index contributed by atoms with van der Waals surface area (Å²) >= 11 is 0. The quantitative estimate of drug-likeness (QED) is 0.768. The molecule has 2 rings (SSSR count). The van der Waals surface area contributed by atoms with Crippen LogP contribution >= 0.6 is 0 Å². The van der Waals surface area contributed by atoms with Gasteiger partial charge in [0.25, 0.3) is 0 Å². The third kappa shape index (κ3) is 3.35. The molecule has 2 aliphatic rings. The second-order valence-electron chi connectivity index (χ2n) is 6.06. The number of methoxy groups -OCH3 is 1. The molecule has 4 nitrogen and oxygen atoms in total. The summed E-state index contributed by atoms with van der Waals surface area (Å²) in [5, 5.41) is 0. The molecule has 108 valence electrons. The van der Waals surface area contributed by atoms with Gasteiger partial charge >= 0.3 is 0 Å². The van der Waals surface area contributed by atoms with Gasteiger partial charge in [0, 0.05) is 26.1 Å². The summed E-state index contributed by atoms with van der Waals surface area (Å²) in [6.07, 6.45) is 7.26. The number of piperidine rings is 1. The van der Waals surface area contributed by atoms with Crippen LogP contribution in [0.3, 0.4) is 0 Å². The average Bonchev–Trinajstić information content (AvgIpc) is 2.33. The van der Waals surface area contributed by atoms with E-state index in [9.17, 15) is 9.59 Å². The van der Waals surface area contributed by atoms with Crippen LogP contribution in [-0.2, 0) is 14.3 Å². The second kappa shape index (κ2) is 6.04. The fourth-order valence-electron chi connectivity index (χ4n) is 3.27. The van der Waals surface area contributed by atoms with Gasteiger partial charge in [0.15, 0.2) is 0 Å². The fourth-order valence-corrected chi connectivity index (χ4v) is 3.27. The Balaban J connectivity index is 1.96. The number of carbonyl (C=O) groups is 2. The van der Waals surface area contributed by atoms with Crippen LogP contribution < -0.4 is 0 Å². The van der Waals surface area contributed by atoms with E-state index in [1.165, 1.54) is 0 Å². The number of hydrogen-bond donors (Lipinski definition) is 0. The highest BCUT2D eigenvalue weighted by atomic mass is 16.5. The van der Waals surface area contributed by atoms with E-state index in [0.29, 0.717) is 12.8 Å². The predicted molar refractivity (Wildman–Crippen MR) is 72.9 cm³/mol. The Kier molecular flexibility index (Phi) is 4.61. The number of nitrogens with zero attached hydrogens (tertiary/aromatic N) is 1. The van der Waals surface area contributed by atoms with Crippen molar-refractivity contribution in [2.24, 2.45) is 0 Å². The van der Waals surface area contributed by atoms with E-state index >= 15 is 0 Å². The monoisotopic (exact) mass is 267 g/mol. The van der Waals surface area contributed by atoms with Gasteiger partial charge in [0.05, 0.1) is 12.0 Å². The number of ether oxygens (including phenoxy) is 1. The zero-order valence-corrected chi connectivity index (χ0v) is 12.1. The molecule has 0 aromatic carbocycles. The Bertz CT molecular complexity index is 344. The van der Waals surface area contributed by atoms with Gasteiger partial charge < -0.3 is 9.64 Å². The zero-order valence-electron chi connectivity index (χ0n) is 12.1. The summed E-state index contributed by atoms with van der Waals surface area (Å²) in [5.41, 5.74) is -0.213. The highest BCUT2D eigenvalue weighted by molar-refractivity contribution is 5.80. The maximum Gasteiger partial charge on any atom is 0.225 e. The van der Waals surface area contributed by atoms with Crippen molar-refractivity contribution in [2.45, 2.75) is 69.9 Å². The Morgan fingerprint density at radius 3 is 2.53 bits per heavy atom. The highest BCUT2D eigenvalue weighted by Crippen LogP contribution is 2.39. The van der Waals surface area contributed by atoms with E-state index < -0.39 is 0 Å².